The number of rotatable bonds is 2. The fraction of sp³-hybridized carbons (Fsp3) is 0.0588. The second kappa shape index (κ2) is 5.18. The van der Waals surface area contributed by atoms with Crippen LogP contribution in [-0.2, 0) is 0 Å². The summed E-state index contributed by atoms with van der Waals surface area (Å²) in [5.74, 6) is -3.35. The summed E-state index contributed by atoms with van der Waals surface area (Å²) < 4.78 is 26.9. The Morgan fingerprint density at radius 1 is 1.09 bits per heavy atom. The lowest BCUT2D eigenvalue weighted by molar-refractivity contribution is 0.0698. The maximum absolute atomic E-state index is 13.5. The van der Waals surface area contributed by atoms with Crippen molar-refractivity contribution in [2.24, 2.45) is 0 Å². The summed E-state index contributed by atoms with van der Waals surface area (Å²) >= 11 is 0. The van der Waals surface area contributed by atoms with E-state index in [0.717, 1.165) is 12.1 Å². The standard InChI is InChI=1S/C17H11F2NO2/c1-9-15(17(21)22)11-7-12(18)13(19)8-14(11)20-16(9)10-5-3-2-4-6-10/h2-8H,1H3,(H,21,22). The Balaban J connectivity index is 2.43. The Hall–Kier alpha value is -2.82. The number of pyridine rings is 1. The molecule has 0 aliphatic rings. The Labute approximate surface area is 124 Å². The summed E-state index contributed by atoms with van der Waals surface area (Å²) in [4.78, 5) is 15.9. The van der Waals surface area contributed by atoms with Gasteiger partial charge in [-0.25, -0.2) is 18.6 Å². The Morgan fingerprint density at radius 2 is 1.73 bits per heavy atom. The second-order valence-electron chi connectivity index (χ2n) is 4.92. The molecule has 110 valence electrons. The zero-order chi connectivity index (χ0) is 15.9. The maximum Gasteiger partial charge on any atom is 0.336 e. The lowest BCUT2D eigenvalue weighted by Crippen LogP contribution is -2.05. The van der Waals surface area contributed by atoms with Gasteiger partial charge in [0.2, 0.25) is 0 Å². The van der Waals surface area contributed by atoms with E-state index in [1.807, 2.05) is 6.07 Å². The molecule has 1 heterocycles. The summed E-state index contributed by atoms with van der Waals surface area (Å²) in [6.45, 7) is 1.61. The number of carboxylic acid groups (broad SMARTS) is 1. The first-order valence-corrected chi connectivity index (χ1v) is 6.57. The highest BCUT2D eigenvalue weighted by atomic mass is 19.2. The minimum absolute atomic E-state index is 0.0669. The number of carboxylic acids is 1. The van der Waals surface area contributed by atoms with E-state index < -0.39 is 17.6 Å². The molecule has 1 aromatic heterocycles. The van der Waals surface area contributed by atoms with Crippen molar-refractivity contribution in [1.29, 1.82) is 0 Å². The number of nitrogens with zero attached hydrogens (tertiary/aromatic N) is 1. The molecule has 5 heteroatoms. The summed E-state index contributed by atoms with van der Waals surface area (Å²) in [7, 11) is 0. The SMILES string of the molecule is Cc1c(-c2ccccc2)nc2cc(F)c(F)cc2c1C(=O)O. The number of fused-ring (bicyclic) bond motifs is 1. The summed E-state index contributed by atoms with van der Waals surface area (Å²) in [5.41, 5.74) is 1.62. The minimum atomic E-state index is -1.20. The zero-order valence-electron chi connectivity index (χ0n) is 11.6. The van der Waals surface area contributed by atoms with Crippen molar-refractivity contribution >= 4 is 16.9 Å². The number of aromatic carboxylic acids is 1. The number of carbonyl (C=O) groups is 1. The largest absolute Gasteiger partial charge is 0.478 e. The number of benzene rings is 2. The van der Waals surface area contributed by atoms with Gasteiger partial charge in [-0.1, -0.05) is 30.3 Å². The predicted molar refractivity (Wildman–Crippen MR) is 78.8 cm³/mol. The van der Waals surface area contributed by atoms with E-state index in [0.29, 0.717) is 16.8 Å². The van der Waals surface area contributed by atoms with Gasteiger partial charge in [-0.05, 0) is 18.6 Å². The molecule has 0 saturated carbocycles. The molecule has 0 bridgehead atoms. The van der Waals surface area contributed by atoms with Crippen molar-refractivity contribution in [3.63, 3.8) is 0 Å². The second-order valence-corrected chi connectivity index (χ2v) is 4.92. The zero-order valence-corrected chi connectivity index (χ0v) is 11.6. The van der Waals surface area contributed by atoms with Crippen molar-refractivity contribution in [3.05, 3.63) is 65.2 Å². The minimum Gasteiger partial charge on any atom is -0.478 e. The normalized spacial score (nSPS) is 10.9. The van der Waals surface area contributed by atoms with Crippen LogP contribution >= 0.6 is 0 Å². The van der Waals surface area contributed by atoms with Crippen molar-refractivity contribution in [3.8, 4) is 11.3 Å². The average Bonchev–Trinajstić information content (AvgIpc) is 2.49. The third kappa shape index (κ3) is 2.20. The third-order valence-corrected chi connectivity index (χ3v) is 3.53. The van der Waals surface area contributed by atoms with Crippen LogP contribution in [-0.4, -0.2) is 16.1 Å². The Morgan fingerprint density at radius 3 is 2.36 bits per heavy atom. The molecule has 3 nitrogen and oxygen atoms in total. The van der Waals surface area contributed by atoms with E-state index in [2.05, 4.69) is 4.98 Å². The van der Waals surface area contributed by atoms with Crippen LogP contribution in [0.4, 0.5) is 8.78 Å². The van der Waals surface area contributed by atoms with Gasteiger partial charge in [0.15, 0.2) is 11.6 Å². The molecule has 0 aliphatic carbocycles. The van der Waals surface area contributed by atoms with Crippen molar-refractivity contribution < 1.29 is 18.7 Å². The smallest absolute Gasteiger partial charge is 0.336 e. The number of hydrogen-bond acceptors (Lipinski definition) is 2. The van der Waals surface area contributed by atoms with E-state index in [1.54, 1.807) is 31.2 Å². The first-order chi connectivity index (χ1) is 10.5. The molecule has 0 fully saturated rings. The van der Waals surface area contributed by atoms with Crippen LogP contribution in [0.25, 0.3) is 22.2 Å². The van der Waals surface area contributed by atoms with Crippen molar-refractivity contribution in [2.75, 3.05) is 0 Å². The van der Waals surface area contributed by atoms with E-state index in [9.17, 15) is 18.7 Å². The molecule has 22 heavy (non-hydrogen) atoms. The van der Waals surface area contributed by atoms with Crippen LogP contribution in [0.2, 0.25) is 0 Å². The van der Waals surface area contributed by atoms with Gasteiger partial charge in [0.05, 0.1) is 16.8 Å². The summed E-state index contributed by atoms with van der Waals surface area (Å²) in [5, 5.41) is 9.54. The average molecular weight is 299 g/mol. The first-order valence-electron chi connectivity index (χ1n) is 6.57. The number of aromatic nitrogens is 1. The van der Waals surface area contributed by atoms with E-state index in [1.165, 1.54) is 0 Å². The van der Waals surface area contributed by atoms with Crippen LogP contribution in [0.3, 0.4) is 0 Å². The van der Waals surface area contributed by atoms with Crippen LogP contribution in [0.1, 0.15) is 15.9 Å². The first kappa shape index (κ1) is 14.1. The van der Waals surface area contributed by atoms with E-state index in [-0.39, 0.29) is 16.5 Å². The molecule has 0 saturated heterocycles. The topological polar surface area (TPSA) is 50.2 Å². The van der Waals surface area contributed by atoms with Crippen LogP contribution < -0.4 is 0 Å². The molecular formula is C17H11F2NO2. The van der Waals surface area contributed by atoms with Crippen LogP contribution in [0.5, 0.6) is 0 Å². The van der Waals surface area contributed by atoms with Gasteiger partial charge in [0, 0.05) is 17.0 Å². The molecule has 0 unspecified atom stereocenters. The molecule has 0 atom stereocenters. The quantitative estimate of drug-likeness (QED) is 0.772. The maximum atomic E-state index is 13.5. The third-order valence-electron chi connectivity index (χ3n) is 3.53. The van der Waals surface area contributed by atoms with Crippen LogP contribution in [0, 0.1) is 18.6 Å². The van der Waals surface area contributed by atoms with Gasteiger partial charge in [0.25, 0.3) is 0 Å². The molecule has 0 radical (unpaired) electrons. The predicted octanol–water partition coefficient (Wildman–Crippen LogP) is 4.19. The highest BCUT2D eigenvalue weighted by molar-refractivity contribution is 6.05. The summed E-state index contributed by atoms with van der Waals surface area (Å²) in [6.07, 6.45) is 0. The number of halogens is 2. The number of hydrogen-bond donors (Lipinski definition) is 1. The molecule has 1 N–H and O–H groups in total. The van der Waals surface area contributed by atoms with E-state index >= 15 is 0 Å². The van der Waals surface area contributed by atoms with Gasteiger partial charge < -0.3 is 5.11 Å². The highest BCUT2D eigenvalue weighted by Gasteiger charge is 2.20. The summed E-state index contributed by atoms with van der Waals surface area (Å²) in [6, 6.07) is 10.8. The lowest BCUT2D eigenvalue weighted by Gasteiger charge is -2.12. The molecule has 3 rings (SSSR count). The molecule has 2 aromatic carbocycles. The Bertz CT molecular complexity index is 892. The monoisotopic (exact) mass is 299 g/mol. The molecule has 0 aliphatic heterocycles. The van der Waals surface area contributed by atoms with E-state index in [4.69, 9.17) is 0 Å². The fourth-order valence-electron chi connectivity index (χ4n) is 2.51. The van der Waals surface area contributed by atoms with Gasteiger partial charge in [-0.15, -0.1) is 0 Å². The lowest BCUT2D eigenvalue weighted by atomic mass is 9.97. The van der Waals surface area contributed by atoms with Gasteiger partial charge >= 0.3 is 5.97 Å². The van der Waals surface area contributed by atoms with Gasteiger partial charge in [0.1, 0.15) is 0 Å². The fourth-order valence-corrected chi connectivity index (χ4v) is 2.51. The molecule has 0 spiro atoms. The van der Waals surface area contributed by atoms with Crippen molar-refractivity contribution in [1.82, 2.24) is 4.98 Å². The molecule has 0 amide bonds. The van der Waals surface area contributed by atoms with Gasteiger partial charge in [-0.2, -0.15) is 0 Å². The Kier molecular flexibility index (Phi) is 3.33. The molecular weight excluding hydrogens is 288 g/mol. The molecule has 3 aromatic rings. The highest BCUT2D eigenvalue weighted by Crippen LogP contribution is 2.30. The van der Waals surface area contributed by atoms with Crippen LogP contribution in [0.15, 0.2) is 42.5 Å². The van der Waals surface area contributed by atoms with Crippen molar-refractivity contribution in [2.45, 2.75) is 6.92 Å². The van der Waals surface area contributed by atoms with Gasteiger partial charge in [-0.3, -0.25) is 0 Å².